The van der Waals surface area contributed by atoms with Crippen molar-refractivity contribution in [2.45, 2.75) is 25.0 Å². The topological polar surface area (TPSA) is 55.5 Å². The van der Waals surface area contributed by atoms with Gasteiger partial charge in [0.1, 0.15) is 0 Å². The molecule has 2 aromatic rings. The molecule has 0 aromatic heterocycles. The molecule has 0 bridgehead atoms. The third kappa shape index (κ3) is 3.05. The molecule has 0 saturated carbocycles. The van der Waals surface area contributed by atoms with Gasteiger partial charge in [0, 0.05) is 22.7 Å². The van der Waals surface area contributed by atoms with Crippen molar-refractivity contribution < 1.29 is 9.84 Å². The summed E-state index contributed by atoms with van der Waals surface area (Å²) in [5.74, 6) is 0. The second-order valence-corrected chi connectivity index (χ2v) is 5.77. The molecule has 1 aliphatic heterocycles. The second kappa shape index (κ2) is 6.06. The molecular weight excluding hydrogens is 286 g/mol. The van der Waals surface area contributed by atoms with Crippen molar-refractivity contribution in [2.75, 3.05) is 12.3 Å². The molecule has 1 aliphatic rings. The van der Waals surface area contributed by atoms with E-state index in [0.717, 1.165) is 12.0 Å². The van der Waals surface area contributed by atoms with Crippen molar-refractivity contribution in [1.29, 1.82) is 0 Å². The number of nitrogen functional groups attached to an aromatic ring is 1. The summed E-state index contributed by atoms with van der Waals surface area (Å²) in [4.78, 5) is 0. The summed E-state index contributed by atoms with van der Waals surface area (Å²) in [7, 11) is 0. The third-order valence-corrected chi connectivity index (χ3v) is 4.17. The van der Waals surface area contributed by atoms with Gasteiger partial charge in [-0.25, -0.2) is 0 Å². The van der Waals surface area contributed by atoms with Crippen molar-refractivity contribution >= 4 is 17.3 Å². The molecule has 21 heavy (non-hydrogen) atoms. The molecule has 2 atom stereocenters. The first-order valence-corrected chi connectivity index (χ1v) is 7.45. The first-order valence-electron chi connectivity index (χ1n) is 7.07. The third-order valence-electron chi connectivity index (χ3n) is 3.94. The van der Waals surface area contributed by atoms with Crippen molar-refractivity contribution in [3.8, 4) is 0 Å². The molecule has 0 aliphatic carbocycles. The second-order valence-electron chi connectivity index (χ2n) is 5.33. The number of aliphatic hydroxyl groups is 1. The number of ether oxygens (including phenoxy) is 1. The Kier molecular flexibility index (Phi) is 4.15. The zero-order chi connectivity index (χ0) is 14.8. The van der Waals surface area contributed by atoms with Crippen molar-refractivity contribution in [1.82, 2.24) is 0 Å². The minimum absolute atomic E-state index is 0.0972. The van der Waals surface area contributed by atoms with Gasteiger partial charge in [0.2, 0.25) is 0 Å². The van der Waals surface area contributed by atoms with E-state index < -0.39 is 6.10 Å². The van der Waals surface area contributed by atoms with Gasteiger partial charge < -0.3 is 15.6 Å². The van der Waals surface area contributed by atoms with E-state index in [4.69, 9.17) is 22.1 Å². The van der Waals surface area contributed by atoms with Gasteiger partial charge in [0.05, 0.1) is 18.8 Å². The highest BCUT2D eigenvalue weighted by Crippen LogP contribution is 2.36. The minimum atomic E-state index is -0.668. The van der Waals surface area contributed by atoms with Crippen LogP contribution in [0.5, 0.6) is 0 Å². The molecule has 110 valence electrons. The van der Waals surface area contributed by atoms with Crippen LogP contribution in [-0.4, -0.2) is 11.7 Å². The fourth-order valence-corrected chi connectivity index (χ4v) is 3.03. The molecule has 0 spiro atoms. The average molecular weight is 304 g/mol. The molecule has 3 N–H and O–H groups in total. The molecule has 0 radical (unpaired) electrons. The predicted octanol–water partition coefficient (Wildman–Crippen LogP) is 3.66. The number of benzene rings is 2. The SMILES string of the molecule is Nc1cc(Cl)ccc1C(O)CC1OCCc2ccccc21. The summed E-state index contributed by atoms with van der Waals surface area (Å²) in [6, 6.07) is 13.4. The lowest BCUT2D eigenvalue weighted by Crippen LogP contribution is -2.18. The Balaban J connectivity index is 1.81. The largest absolute Gasteiger partial charge is 0.398 e. The maximum absolute atomic E-state index is 10.5. The average Bonchev–Trinajstić information content (AvgIpc) is 2.47. The molecular formula is C17H18ClNO2. The van der Waals surface area contributed by atoms with E-state index in [9.17, 15) is 5.11 Å². The number of halogens is 1. The number of aliphatic hydroxyl groups excluding tert-OH is 1. The summed E-state index contributed by atoms with van der Waals surface area (Å²) in [6.07, 6.45) is 0.646. The summed E-state index contributed by atoms with van der Waals surface area (Å²) in [5.41, 5.74) is 9.61. The molecule has 2 aromatic carbocycles. The van der Waals surface area contributed by atoms with Crippen LogP contribution < -0.4 is 5.73 Å². The molecule has 0 amide bonds. The van der Waals surface area contributed by atoms with Gasteiger partial charge in [0.25, 0.3) is 0 Å². The highest BCUT2D eigenvalue weighted by molar-refractivity contribution is 6.30. The minimum Gasteiger partial charge on any atom is -0.398 e. The van der Waals surface area contributed by atoms with Gasteiger partial charge >= 0.3 is 0 Å². The van der Waals surface area contributed by atoms with Gasteiger partial charge in [-0.2, -0.15) is 0 Å². The Bertz CT molecular complexity index is 644. The first-order chi connectivity index (χ1) is 10.1. The molecule has 1 heterocycles. The number of hydrogen-bond acceptors (Lipinski definition) is 3. The van der Waals surface area contributed by atoms with Crippen LogP contribution in [0, 0.1) is 0 Å². The van der Waals surface area contributed by atoms with Gasteiger partial charge in [-0.1, -0.05) is 41.9 Å². The fraction of sp³-hybridized carbons (Fsp3) is 0.294. The molecule has 4 heteroatoms. The van der Waals surface area contributed by atoms with Crippen LogP contribution in [-0.2, 0) is 11.2 Å². The zero-order valence-corrected chi connectivity index (χ0v) is 12.4. The van der Waals surface area contributed by atoms with Crippen LogP contribution in [0.4, 0.5) is 5.69 Å². The Morgan fingerprint density at radius 3 is 2.90 bits per heavy atom. The monoisotopic (exact) mass is 303 g/mol. The van der Waals surface area contributed by atoms with E-state index in [1.165, 1.54) is 5.56 Å². The lowest BCUT2D eigenvalue weighted by molar-refractivity contribution is 0.00394. The molecule has 0 saturated heterocycles. The normalized spacial score (nSPS) is 19.0. The van der Waals surface area contributed by atoms with E-state index in [1.807, 2.05) is 12.1 Å². The summed E-state index contributed by atoms with van der Waals surface area (Å²) in [6.45, 7) is 0.685. The lowest BCUT2D eigenvalue weighted by atomic mass is 9.92. The van der Waals surface area contributed by atoms with E-state index >= 15 is 0 Å². The number of nitrogens with two attached hydrogens (primary N) is 1. The number of hydrogen-bond donors (Lipinski definition) is 2. The van der Waals surface area contributed by atoms with E-state index in [1.54, 1.807) is 18.2 Å². The van der Waals surface area contributed by atoms with Gasteiger partial charge in [0.15, 0.2) is 0 Å². The Morgan fingerprint density at radius 2 is 2.10 bits per heavy atom. The maximum atomic E-state index is 10.5. The van der Waals surface area contributed by atoms with Crippen LogP contribution >= 0.6 is 11.6 Å². The van der Waals surface area contributed by atoms with E-state index in [0.29, 0.717) is 29.3 Å². The standard InChI is InChI=1S/C17H18ClNO2/c18-12-5-6-14(15(19)9-12)16(20)10-17-13-4-2-1-3-11(13)7-8-21-17/h1-6,9,16-17,20H,7-8,10,19H2. The highest BCUT2D eigenvalue weighted by atomic mass is 35.5. The van der Waals surface area contributed by atoms with Gasteiger partial charge in [-0.3, -0.25) is 0 Å². The van der Waals surface area contributed by atoms with E-state index in [-0.39, 0.29) is 6.10 Å². The molecule has 3 nitrogen and oxygen atoms in total. The number of fused-ring (bicyclic) bond motifs is 1. The fourth-order valence-electron chi connectivity index (χ4n) is 2.85. The van der Waals surface area contributed by atoms with E-state index in [2.05, 4.69) is 12.1 Å². The summed E-state index contributed by atoms with van der Waals surface area (Å²) in [5, 5.41) is 11.0. The van der Waals surface area contributed by atoms with Gasteiger partial charge in [-0.05, 0) is 29.7 Å². The zero-order valence-electron chi connectivity index (χ0n) is 11.6. The number of rotatable bonds is 3. The lowest BCUT2D eigenvalue weighted by Gasteiger charge is -2.28. The molecule has 2 unspecified atom stereocenters. The Morgan fingerprint density at radius 1 is 1.29 bits per heavy atom. The Labute approximate surface area is 129 Å². The predicted molar refractivity (Wildman–Crippen MR) is 84.3 cm³/mol. The highest BCUT2D eigenvalue weighted by Gasteiger charge is 2.24. The van der Waals surface area contributed by atoms with Crippen LogP contribution in [0.2, 0.25) is 5.02 Å². The van der Waals surface area contributed by atoms with Crippen LogP contribution in [0.1, 0.15) is 35.3 Å². The molecule has 3 rings (SSSR count). The van der Waals surface area contributed by atoms with Gasteiger partial charge in [-0.15, -0.1) is 0 Å². The smallest absolute Gasteiger partial charge is 0.0855 e. The van der Waals surface area contributed by atoms with Crippen LogP contribution in [0.15, 0.2) is 42.5 Å². The van der Waals surface area contributed by atoms with Crippen molar-refractivity contribution in [3.63, 3.8) is 0 Å². The quantitative estimate of drug-likeness (QED) is 0.851. The van der Waals surface area contributed by atoms with Crippen LogP contribution in [0.3, 0.4) is 0 Å². The van der Waals surface area contributed by atoms with Crippen molar-refractivity contribution in [2.24, 2.45) is 0 Å². The maximum Gasteiger partial charge on any atom is 0.0855 e. The summed E-state index contributed by atoms with van der Waals surface area (Å²) < 4.78 is 5.83. The molecule has 0 fully saturated rings. The summed E-state index contributed by atoms with van der Waals surface area (Å²) >= 11 is 5.89. The Hall–Kier alpha value is -1.55. The van der Waals surface area contributed by atoms with Crippen LogP contribution in [0.25, 0.3) is 0 Å². The first kappa shape index (κ1) is 14.4. The number of anilines is 1. The van der Waals surface area contributed by atoms with Crippen molar-refractivity contribution in [3.05, 3.63) is 64.2 Å².